The van der Waals surface area contributed by atoms with Crippen molar-refractivity contribution in [3.63, 3.8) is 0 Å². The third-order valence-electron chi connectivity index (χ3n) is 2.60. The van der Waals surface area contributed by atoms with Crippen molar-refractivity contribution >= 4 is 0 Å². The summed E-state index contributed by atoms with van der Waals surface area (Å²) in [7, 11) is 0. The van der Waals surface area contributed by atoms with Crippen LogP contribution in [0.25, 0.3) is 0 Å². The summed E-state index contributed by atoms with van der Waals surface area (Å²) in [6, 6.07) is 0. The average molecular weight is 249 g/mol. The van der Waals surface area contributed by atoms with Crippen molar-refractivity contribution in [3.8, 4) is 5.75 Å². The predicted octanol–water partition coefficient (Wildman–Crippen LogP) is 1.43. The normalized spacial score (nSPS) is 20.8. The molecule has 0 radical (unpaired) electrons. The van der Waals surface area contributed by atoms with E-state index in [0.717, 1.165) is 24.2 Å². The van der Waals surface area contributed by atoms with E-state index < -0.39 is 12.7 Å². The molecule has 2 heterocycles. The molecule has 1 unspecified atom stereocenters. The van der Waals surface area contributed by atoms with E-state index >= 15 is 0 Å². The molecule has 1 aliphatic rings. The van der Waals surface area contributed by atoms with Crippen LogP contribution in [0.4, 0.5) is 13.2 Å². The first-order chi connectivity index (χ1) is 8.03. The van der Waals surface area contributed by atoms with Crippen molar-refractivity contribution in [2.75, 3.05) is 19.7 Å². The minimum absolute atomic E-state index is 0.390. The summed E-state index contributed by atoms with van der Waals surface area (Å²) in [5.41, 5.74) is 0. The number of nitrogens with one attached hydrogen (secondary N) is 1. The lowest BCUT2D eigenvalue weighted by atomic mass is 10.1. The first-order valence-corrected chi connectivity index (χ1v) is 5.46. The number of aromatic nitrogens is 2. The second-order valence-electron chi connectivity index (χ2n) is 4.16. The molecule has 0 saturated carbocycles. The van der Waals surface area contributed by atoms with Crippen LogP contribution in [0.15, 0.2) is 12.4 Å². The van der Waals surface area contributed by atoms with Crippen molar-refractivity contribution in [1.29, 1.82) is 0 Å². The van der Waals surface area contributed by atoms with Gasteiger partial charge in [-0.3, -0.25) is 4.68 Å². The van der Waals surface area contributed by atoms with Gasteiger partial charge in [0.2, 0.25) is 0 Å². The zero-order valence-corrected chi connectivity index (χ0v) is 9.20. The molecule has 1 aromatic rings. The van der Waals surface area contributed by atoms with Gasteiger partial charge in [0, 0.05) is 12.5 Å². The number of halogens is 3. The van der Waals surface area contributed by atoms with E-state index in [1.54, 1.807) is 0 Å². The van der Waals surface area contributed by atoms with Gasteiger partial charge in [-0.2, -0.15) is 18.3 Å². The lowest BCUT2D eigenvalue weighted by Crippen LogP contribution is -2.18. The Kier molecular flexibility index (Phi) is 3.56. The summed E-state index contributed by atoms with van der Waals surface area (Å²) < 4.78 is 42.4. The van der Waals surface area contributed by atoms with Crippen LogP contribution in [0.3, 0.4) is 0 Å². The Morgan fingerprint density at radius 2 is 2.35 bits per heavy atom. The van der Waals surface area contributed by atoms with E-state index in [4.69, 9.17) is 4.74 Å². The van der Waals surface area contributed by atoms with Gasteiger partial charge in [0.15, 0.2) is 5.75 Å². The monoisotopic (exact) mass is 249 g/mol. The van der Waals surface area contributed by atoms with Gasteiger partial charge in [0.05, 0.1) is 19.0 Å². The number of hydrogen-bond acceptors (Lipinski definition) is 3. The van der Waals surface area contributed by atoms with Gasteiger partial charge >= 0.3 is 6.18 Å². The molecule has 0 aromatic carbocycles. The van der Waals surface area contributed by atoms with Crippen LogP contribution in [-0.2, 0) is 6.54 Å². The number of rotatable bonds is 4. The molecular weight excluding hydrogens is 235 g/mol. The Morgan fingerprint density at radius 1 is 1.53 bits per heavy atom. The Morgan fingerprint density at radius 3 is 3.00 bits per heavy atom. The molecule has 4 nitrogen and oxygen atoms in total. The topological polar surface area (TPSA) is 39.1 Å². The van der Waals surface area contributed by atoms with Crippen LogP contribution in [0.2, 0.25) is 0 Å². The highest BCUT2D eigenvalue weighted by atomic mass is 19.4. The molecule has 96 valence electrons. The van der Waals surface area contributed by atoms with Gasteiger partial charge in [-0.1, -0.05) is 0 Å². The Bertz CT molecular complexity index is 358. The number of ether oxygens (including phenoxy) is 1. The maximum absolute atomic E-state index is 12.1. The summed E-state index contributed by atoms with van der Waals surface area (Å²) in [5, 5.41) is 6.80. The van der Waals surface area contributed by atoms with Crippen LogP contribution in [-0.4, -0.2) is 35.7 Å². The molecule has 1 atom stereocenters. The average Bonchev–Trinajstić information content (AvgIpc) is 2.82. The molecule has 1 aliphatic heterocycles. The van der Waals surface area contributed by atoms with E-state index in [0.29, 0.717) is 18.3 Å². The fourth-order valence-electron chi connectivity index (χ4n) is 1.76. The van der Waals surface area contributed by atoms with Crippen LogP contribution in [0, 0.1) is 5.92 Å². The quantitative estimate of drug-likeness (QED) is 0.877. The maximum atomic E-state index is 12.1. The molecule has 0 bridgehead atoms. The molecule has 2 rings (SSSR count). The van der Waals surface area contributed by atoms with Gasteiger partial charge in [-0.05, 0) is 13.0 Å². The third-order valence-corrected chi connectivity index (χ3v) is 2.60. The maximum Gasteiger partial charge on any atom is 0.408 e. The molecule has 0 amide bonds. The zero-order valence-electron chi connectivity index (χ0n) is 9.20. The van der Waals surface area contributed by atoms with Gasteiger partial charge in [-0.25, -0.2) is 0 Å². The smallest absolute Gasteiger partial charge is 0.408 e. The first kappa shape index (κ1) is 12.2. The predicted molar refractivity (Wildman–Crippen MR) is 54.8 cm³/mol. The molecule has 17 heavy (non-hydrogen) atoms. The van der Waals surface area contributed by atoms with Gasteiger partial charge in [0.25, 0.3) is 0 Å². The summed E-state index contributed by atoms with van der Waals surface area (Å²) in [5.74, 6) is 0.821. The molecule has 0 spiro atoms. The fraction of sp³-hybridized carbons (Fsp3) is 0.700. The zero-order chi connectivity index (χ0) is 12.3. The molecule has 1 fully saturated rings. The van der Waals surface area contributed by atoms with E-state index in [9.17, 15) is 13.2 Å². The van der Waals surface area contributed by atoms with Crippen molar-refractivity contribution in [2.45, 2.75) is 19.1 Å². The Balaban J connectivity index is 1.81. The van der Waals surface area contributed by atoms with E-state index in [-0.39, 0.29) is 0 Å². The van der Waals surface area contributed by atoms with Crippen LogP contribution in [0.1, 0.15) is 6.42 Å². The second kappa shape index (κ2) is 4.95. The van der Waals surface area contributed by atoms with Gasteiger partial charge in [0.1, 0.15) is 6.54 Å². The number of alkyl halides is 3. The third kappa shape index (κ3) is 3.92. The standard InChI is InChI=1S/C10H14F3N3O/c11-10(12,13)7-16-5-9(4-15-16)17-6-8-1-2-14-3-8/h4-5,8,14H,1-3,6-7H2. The van der Waals surface area contributed by atoms with Crippen LogP contribution in [0.5, 0.6) is 5.75 Å². The van der Waals surface area contributed by atoms with E-state index in [2.05, 4.69) is 10.4 Å². The molecular formula is C10H14F3N3O. The molecule has 1 N–H and O–H groups in total. The Labute approximate surface area is 96.7 Å². The second-order valence-corrected chi connectivity index (χ2v) is 4.16. The molecule has 1 aromatic heterocycles. The largest absolute Gasteiger partial charge is 0.490 e. The van der Waals surface area contributed by atoms with Gasteiger partial charge in [-0.15, -0.1) is 0 Å². The molecule has 0 aliphatic carbocycles. The summed E-state index contributed by atoms with van der Waals surface area (Å²) >= 11 is 0. The fourth-order valence-corrected chi connectivity index (χ4v) is 1.76. The summed E-state index contributed by atoms with van der Waals surface area (Å²) in [4.78, 5) is 0. The molecule has 1 saturated heterocycles. The lowest BCUT2D eigenvalue weighted by Gasteiger charge is -2.08. The molecule has 7 heteroatoms. The van der Waals surface area contributed by atoms with Crippen LogP contribution < -0.4 is 10.1 Å². The van der Waals surface area contributed by atoms with Gasteiger partial charge < -0.3 is 10.1 Å². The highest BCUT2D eigenvalue weighted by Crippen LogP contribution is 2.19. The number of hydrogen-bond donors (Lipinski definition) is 1. The van der Waals surface area contributed by atoms with E-state index in [1.807, 2.05) is 0 Å². The highest BCUT2D eigenvalue weighted by Gasteiger charge is 2.28. The number of nitrogens with zero attached hydrogens (tertiary/aromatic N) is 2. The van der Waals surface area contributed by atoms with E-state index in [1.165, 1.54) is 12.4 Å². The SMILES string of the molecule is FC(F)(F)Cn1cc(OCC2CCNC2)cn1. The summed E-state index contributed by atoms with van der Waals surface area (Å²) in [6.07, 6.45) is -0.626. The first-order valence-electron chi connectivity index (χ1n) is 5.46. The van der Waals surface area contributed by atoms with Crippen molar-refractivity contribution in [2.24, 2.45) is 5.92 Å². The Hall–Kier alpha value is -1.24. The van der Waals surface area contributed by atoms with Crippen molar-refractivity contribution in [3.05, 3.63) is 12.4 Å². The van der Waals surface area contributed by atoms with Crippen LogP contribution >= 0.6 is 0 Å². The summed E-state index contributed by atoms with van der Waals surface area (Å²) in [6.45, 7) is 1.31. The minimum atomic E-state index is -4.25. The lowest BCUT2D eigenvalue weighted by molar-refractivity contribution is -0.142. The van der Waals surface area contributed by atoms with Crippen molar-refractivity contribution < 1.29 is 17.9 Å². The highest BCUT2D eigenvalue weighted by molar-refractivity contribution is 5.11. The van der Waals surface area contributed by atoms with Crippen molar-refractivity contribution in [1.82, 2.24) is 15.1 Å². The minimum Gasteiger partial charge on any atom is -0.490 e.